The topological polar surface area (TPSA) is 85.9 Å². The van der Waals surface area contributed by atoms with E-state index in [2.05, 4.69) is 6.07 Å². The summed E-state index contributed by atoms with van der Waals surface area (Å²) in [6.07, 6.45) is 0. The lowest BCUT2D eigenvalue weighted by Gasteiger charge is -2.34. The van der Waals surface area contributed by atoms with E-state index in [0.29, 0.717) is 31.1 Å². The van der Waals surface area contributed by atoms with E-state index in [1.165, 1.54) is 9.21 Å². The number of hydrogen-bond donors (Lipinski definition) is 1. The number of rotatable bonds is 5. The minimum absolute atomic E-state index is 0.110. The fourth-order valence-electron chi connectivity index (χ4n) is 2.80. The summed E-state index contributed by atoms with van der Waals surface area (Å²) in [5, 5.41) is 9.14. The number of nitrogens with one attached hydrogen (secondary N) is 1. The second-order valence-electron chi connectivity index (χ2n) is 7.27. The first-order valence-electron chi connectivity index (χ1n) is 8.66. The minimum atomic E-state index is -3.49. The highest BCUT2D eigenvalue weighted by atomic mass is 32.2. The van der Waals surface area contributed by atoms with Crippen LogP contribution in [0.2, 0.25) is 0 Å². The van der Waals surface area contributed by atoms with Crippen LogP contribution in [-0.2, 0) is 14.8 Å². The summed E-state index contributed by atoms with van der Waals surface area (Å²) in [5.41, 5.74) is 0.161. The fraction of sp³-hybridized carbons (Fsp3) is 0.556. The van der Waals surface area contributed by atoms with Gasteiger partial charge in [0.15, 0.2) is 6.54 Å². The maximum atomic E-state index is 12.7. The summed E-state index contributed by atoms with van der Waals surface area (Å²) in [6.45, 7) is 7.47. The molecule has 0 unspecified atom stereocenters. The van der Waals surface area contributed by atoms with Gasteiger partial charge in [0.05, 0.1) is 37.1 Å². The van der Waals surface area contributed by atoms with Crippen molar-refractivity contribution in [2.45, 2.75) is 31.2 Å². The van der Waals surface area contributed by atoms with Gasteiger partial charge < -0.3 is 9.80 Å². The molecule has 0 atom stereocenters. The van der Waals surface area contributed by atoms with Gasteiger partial charge in [-0.2, -0.15) is 9.57 Å². The normalized spacial score (nSPS) is 16.9. The van der Waals surface area contributed by atoms with E-state index in [-0.39, 0.29) is 12.5 Å². The van der Waals surface area contributed by atoms with Crippen molar-refractivity contribution >= 4 is 15.9 Å². The number of nitriles is 1. The quantitative estimate of drug-likeness (QED) is 0.757. The first-order valence-corrected chi connectivity index (χ1v) is 10.1. The number of nitrogens with zero attached hydrogens (tertiary/aromatic N) is 3. The predicted octanol–water partition coefficient (Wildman–Crippen LogP) is -0.355. The number of carbonyl (C=O) groups excluding carboxylic acids is 1. The van der Waals surface area contributed by atoms with Crippen molar-refractivity contribution in [3.63, 3.8) is 0 Å². The van der Waals surface area contributed by atoms with Gasteiger partial charge in [0, 0.05) is 7.05 Å². The molecular formula is C18H27N4O3S+. The van der Waals surface area contributed by atoms with Crippen LogP contribution in [0.15, 0.2) is 29.2 Å². The maximum absolute atomic E-state index is 12.7. The van der Waals surface area contributed by atoms with E-state index >= 15 is 0 Å². The molecule has 1 N–H and O–H groups in total. The van der Waals surface area contributed by atoms with E-state index in [0.717, 1.165) is 10.5 Å². The van der Waals surface area contributed by atoms with E-state index in [9.17, 15) is 13.2 Å². The average molecular weight is 380 g/mol. The van der Waals surface area contributed by atoms with Gasteiger partial charge in [-0.25, -0.2) is 8.42 Å². The molecule has 8 heteroatoms. The molecule has 0 saturated carbocycles. The number of amides is 1. The highest BCUT2D eigenvalue weighted by Gasteiger charge is 2.33. The van der Waals surface area contributed by atoms with Gasteiger partial charge in [0.2, 0.25) is 10.0 Å². The van der Waals surface area contributed by atoms with Crippen molar-refractivity contribution in [3.05, 3.63) is 29.8 Å². The highest BCUT2D eigenvalue weighted by Crippen LogP contribution is 2.16. The molecule has 1 amide bonds. The standard InChI is InChI=1S/C18H26N4O3S/c1-15-5-7-16(8-6-15)26(24,25)22-11-9-21(10-12-22)13-17(23)20(4)18(2,3)14-19/h5-8H,9-13H2,1-4H3/p+1. The number of benzene rings is 1. The molecule has 0 aromatic heterocycles. The molecule has 1 saturated heterocycles. The molecule has 0 spiro atoms. The Balaban J connectivity index is 1.96. The van der Waals surface area contributed by atoms with Crippen LogP contribution in [0.25, 0.3) is 0 Å². The monoisotopic (exact) mass is 379 g/mol. The molecule has 1 aromatic rings. The predicted molar refractivity (Wildman–Crippen MR) is 98.0 cm³/mol. The van der Waals surface area contributed by atoms with Crippen LogP contribution in [0.4, 0.5) is 0 Å². The lowest BCUT2D eigenvalue weighted by molar-refractivity contribution is -0.896. The summed E-state index contributed by atoms with van der Waals surface area (Å²) in [5.74, 6) is -0.110. The molecular weight excluding hydrogens is 352 g/mol. The Hall–Kier alpha value is -1.95. The number of quaternary nitrogens is 1. The van der Waals surface area contributed by atoms with Gasteiger partial charge in [-0.15, -0.1) is 0 Å². The Labute approximate surface area is 155 Å². The third-order valence-electron chi connectivity index (χ3n) is 4.98. The number of piperazine rings is 1. The molecule has 142 valence electrons. The summed E-state index contributed by atoms with van der Waals surface area (Å²) in [4.78, 5) is 15.2. The van der Waals surface area contributed by atoms with Crippen molar-refractivity contribution in [2.75, 3.05) is 39.8 Å². The Morgan fingerprint density at radius 3 is 2.31 bits per heavy atom. The average Bonchev–Trinajstić information content (AvgIpc) is 2.61. The van der Waals surface area contributed by atoms with Crippen LogP contribution >= 0.6 is 0 Å². The van der Waals surface area contributed by atoms with Gasteiger partial charge >= 0.3 is 0 Å². The van der Waals surface area contributed by atoms with E-state index in [1.54, 1.807) is 45.2 Å². The van der Waals surface area contributed by atoms with Crippen molar-refractivity contribution in [1.29, 1.82) is 5.26 Å². The van der Waals surface area contributed by atoms with Gasteiger partial charge in [-0.3, -0.25) is 4.79 Å². The number of likely N-dealkylation sites (N-methyl/N-ethyl adjacent to an activating group) is 1. The van der Waals surface area contributed by atoms with Crippen LogP contribution in [-0.4, -0.2) is 68.8 Å². The van der Waals surface area contributed by atoms with Crippen LogP contribution in [0, 0.1) is 18.3 Å². The molecule has 26 heavy (non-hydrogen) atoms. The van der Waals surface area contributed by atoms with Gasteiger partial charge in [0.25, 0.3) is 5.91 Å². The SMILES string of the molecule is Cc1ccc(S(=O)(=O)N2CC[NH+](CC(=O)N(C)C(C)(C)C#N)CC2)cc1. The molecule has 0 radical (unpaired) electrons. The molecule has 1 fully saturated rings. The highest BCUT2D eigenvalue weighted by molar-refractivity contribution is 7.89. The second-order valence-corrected chi connectivity index (χ2v) is 9.21. The second kappa shape index (κ2) is 7.74. The molecule has 0 aliphatic carbocycles. The smallest absolute Gasteiger partial charge is 0.278 e. The molecule has 1 aliphatic rings. The Kier molecular flexibility index (Phi) is 6.06. The van der Waals surface area contributed by atoms with Gasteiger partial charge in [0.1, 0.15) is 5.54 Å². The summed E-state index contributed by atoms with van der Waals surface area (Å²) < 4.78 is 26.9. The number of hydrogen-bond acceptors (Lipinski definition) is 4. The lowest BCUT2D eigenvalue weighted by Crippen LogP contribution is -3.15. The summed E-state index contributed by atoms with van der Waals surface area (Å²) >= 11 is 0. The fourth-order valence-corrected chi connectivity index (χ4v) is 4.24. The largest absolute Gasteiger partial charge is 0.325 e. The number of carbonyl (C=O) groups is 1. The Morgan fingerprint density at radius 2 is 1.81 bits per heavy atom. The minimum Gasteiger partial charge on any atom is -0.325 e. The van der Waals surface area contributed by atoms with Crippen LogP contribution in [0.1, 0.15) is 19.4 Å². The Morgan fingerprint density at radius 1 is 1.27 bits per heavy atom. The van der Waals surface area contributed by atoms with E-state index in [1.807, 2.05) is 6.92 Å². The summed E-state index contributed by atoms with van der Waals surface area (Å²) in [7, 11) is -1.86. The van der Waals surface area contributed by atoms with Crippen molar-refractivity contribution < 1.29 is 18.1 Å². The molecule has 7 nitrogen and oxygen atoms in total. The van der Waals surface area contributed by atoms with Crippen LogP contribution < -0.4 is 4.90 Å². The summed E-state index contributed by atoms with van der Waals surface area (Å²) in [6, 6.07) is 8.96. The van der Waals surface area contributed by atoms with Crippen molar-refractivity contribution in [2.24, 2.45) is 0 Å². The number of sulfonamides is 1. The molecule has 1 aromatic carbocycles. The van der Waals surface area contributed by atoms with Gasteiger partial charge in [-0.1, -0.05) is 17.7 Å². The molecule has 2 rings (SSSR count). The zero-order chi connectivity index (χ0) is 19.5. The third kappa shape index (κ3) is 4.41. The lowest BCUT2D eigenvalue weighted by atomic mass is 10.1. The molecule has 0 bridgehead atoms. The molecule has 1 aliphatic heterocycles. The van der Waals surface area contributed by atoms with E-state index < -0.39 is 15.6 Å². The zero-order valence-electron chi connectivity index (χ0n) is 15.8. The van der Waals surface area contributed by atoms with Crippen LogP contribution in [0.5, 0.6) is 0 Å². The van der Waals surface area contributed by atoms with Crippen molar-refractivity contribution in [3.8, 4) is 6.07 Å². The zero-order valence-corrected chi connectivity index (χ0v) is 16.6. The third-order valence-corrected chi connectivity index (χ3v) is 6.89. The van der Waals surface area contributed by atoms with E-state index in [4.69, 9.17) is 5.26 Å². The van der Waals surface area contributed by atoms with Crippen molar-refractivity contribution in [1.82, 2.24) is 9.21 Å². The van der Waals surface area contributed by atoms with Gasteiger partial charge in [-0.05, 0) is 32.9 Å². The maximum Gasteiger partial charge on any atom is 0.278 e. The first-order chi connectivity index (χ1) is 12.1. The first kappa shape index (κ1) is 20.4. The Bertz CT molecular complexity index is 789. The molecule has 1 heterocycles. The number of aryl methyl sites for hydroxylation is 1. The van der Waals surface area contributed by atoms with Crippen LogP contribution in [0.3, 0.4) is 0 Å².